The molecule has 0 unspecified atom stereocenters. The van der Waals surface area contributed by atoms with Crippen LogP contribution in [0.5, 0.6) is 0 Å². The van der Waals surface area contributed by atoms with Gasteiger partial charge in [0.25, 0.3) is 5.91 Å². The quantitative estimate of drug-likeness (QED) is 0.655. The fourth-order valence-corrected chi connectivity index (χ4v) is 2.65. The number of amides is 1. The van der Waals surface area contributed by atoms with Crippen LogP contribution in [-0.4, -0.2) is 17.9 Å². The monoisotopic (exact) mass is 380 g/mol. The molecule has 0 saturated heterocycles. The van der Waals surface area contributed by atoms with Gasteiger partial charge in [0.15, 0.2) is 0 Å². The summed E-state index contributed by atoms with van der Waals surface area (Å²) in [7, 11) is 1.81. The minimum atomic E-state index is 0.0283. The molecular formula is C16H17IN2O. The van der Waals surface area contributed by atoms with E-state index in [9.17, 15) is 4.79 Å². The van der Waals surface area contributed by atoms with Crippen LogP contribution in [0.15, 0.2) is 42.5 Å². The standard InChI is InChI=1S/C16H17IN2O/c1-11-5-3-8-14(15(11)17)16(20)19(2)10-12-6-4-7-13(18)9-12/h3-9H,10,18H2,1-2H3. The van der Waals surface area contributed by atoms with Crippen LogP contribution in [0, 0.1) is 10.5 Å². The molecule has 0 spiro atoms. The molecule has 0 aromatic heterocycles. The molecule has 4 heteroatoms. The zero-order chi connectivity index (χ0) is 14.7. The summed E-state index contributed by atoms with van der Waals surface area (Å²) >= 11 is 2.22. The van der Waals surface area contributed by atoms with Gasteiger partial charge in [-0.3, -0.25) is 4.79 Å². The zero-order valence-electron chi connectivity index (χ0n) is 11.6. The number of carbonyl (C=O) groups excluding carboxylic acids is 1. The molecule has 1 amide bonds. The summed E-state index contributed by atoms with van der Waals surface area (Å²) in [5.74, 6) is 0.0283. The number of hydrogen-bond acceptors (Lipinski definition) is 2. The highest BCUT2D eigenvalue weighted by atomic mass is 127. The summed E-state index contributed by atoms with van der Waals surface area (Å²) in [5.41, 5.74) is 9.37. The molecule has 0 heterocycles. The molecular weight excluding hydrogens is 363 g/mol. The van der Waals surface area contributed by atoms with E-state index in [0.29, 0.717) is 12.2 Å². The molecule has 2 aromatic rings. The van der Waals surface area contributed by atoms with Gasteiger partial charge < -0.3 is 10.6 Å². The molecule has 2 rings (SSSR count). The van der Waals surface area contributed by atoms with E-state index in [1.807, 2.05) is 56.4 Å². The van der Waals surface area contributed by atoms with Crippen molar-refractivity contribution in [3.8, 4) is 0 Å². The molecule has 2 aromatic carbocycles. The van der Waals surface area contributed by atoms with Crippen LogP contribution in [0.2, 0.25) is 0 Å². The first-order valence-electron chi connectivity index (χ1n) is 6.34. The molecule has 3 nitrogen and oxygen atoms in total. The van der Waals surface area contributed by atoms with E-state index in [-0.39, 0.29) is 5.91 Å². The normalized spacial score (nSPS) is 10.3. The summed E-state index contributed by atoms with van der Waals surface area (Å²) in [6.45, 7) is 2.56. The SMILES string of the molecule is Cc1cccc(C(=O)N(C)Cc2cccc(N)c2)c1I. The Balaban J connectivity index is 2.19. The predicted molar refractivity (Wildman–Crippen MR) is 90.5 cm³/mol. The maximum atomic E-state index is 12.5. The van der Waals surface area contributed by atoms with Crippen molar-refractivity contribution in [3.05, 3.63) is 62.7 Å². The molecule has 0 bridgehead atoms. The molecule has 0 aliphatic rings. The summed E-state index contributed by atoms with van der Waals surface area (Å²) in [6, 6.07) is 13.4. The first-order chi connectivity index (χ1) is 9.49. The van der Waals surface area contributed by atoms with Gasteiger partial charge in [0.2, 0.25) is 0 Å². The molecule has 104 valence electrons. The summed E-state index contributed by atoms with van der Waals surface area (Å²) in [5, 5.41) is 0. The number of halogens is 1. The van der Waals surface area contributed by atoms with Crippen molar-refractivity contribution >= 4 is 34.2 Å². The zero-order valence-corrected chi connectivity index (χ0v) is 13.7. The van der Waals surface area contributed by atoms with E-state index in [2.05, 4.69) is 22.6 Å². The Morgan fingerprint density at radius 1 is 1.25 bits per heavy atom. The van der Waals surface area contributed by atoms with E-state index in [1.54, 1.807) is 4.90 Å². The molecule has 0 saturated carbocycles. The van der Waals surface area contributed by atoms with Gasteiger partial charge in [0, 0.05) is 22.8 Å². The van der Waals surface area contributed by atoms with Crippen LogP contribution in [0.4, 0.5) is 5.69 Å². The largest absolute Gasteiger partial charge is 0.399 e. The topological polar surface area (TPSA) is 46.3 Å². The van der Waals surface area contributed by atoms with E-state index in [0.717, 1.165) is 20.3 Å². The third-order valence-corrected chi connectivity index (χ3v) is 4.57. The molecule has 20 heavy (non-hydrogen) atoms. The van der Waals surface area contributed by atoms with Crippen LogP contribution >= 0.6 is 22.6 Å². The Hall–Kier alpha value is -1.56. The lowest BCUT2D eigenvalue weighted by molar-refractivity contribution is 0.0784. The summed E-state index contributed by atoms with van der Waals surface area (Å²) in [4.78, 5) is 14.2. The average Bonchev–Trinajstić information content (AvgIpc) is 2.41. The Morgan fingerprint density at radius 3 is 2.65 bits per heavy atom. The van der Waals surface area contributed by atoms with Crippen LogP contribution in [0.1, 0.15) is 21.5 Å². The Bertz CT molecular complexity index is 640. The Kier molecular flexibility index (Phi) is 4.65. The molecule has 0 aliphatic carbocycles. The Morgan fingerprint density at radius 2 is 1.95 bits per heavy atom. The number of anilines is 1. The summed E-state index contributed by atoms with van der Waals surface area (Å²) in [6.07, 6.45) is 0. The van der Waals surface area contributed by atoms with Crippen LogP contribution in [0.3, 0.4) is 0 Å². The fourth-order valence-electron chi connectivity index (χ4n) is 2.06. The number of nitrogens with zero attached hydrogens (tertiary/aromatic N) is 1. The van der Waals surface area contributed by atoms with Gasteiger partial charge >= 0.3 is 0 Å². The molecule has 0 atom stereocenters. The number of benzene rings is 2. The molecule has 0 radical (unpaired) electrons. The maximum absolute atomic E-state index is 12.5. The van der Waals surface area contributed by atoms with Gasteiger partial charge in [-0.05, 0) is 58.8 Å². The average molecular weight is 380 g/mol. The van der Waals surface area contributed by atoms with E-state index in [1.165, 1.54) is 0 Å². The van der Waals surface area contributed by atoms with E-state index >= 15 is 0 Å². The fraction of sp³-hybridized carbons (Fsp3) is 0.188. The number of nitrogen functional groups attached to an aromatic ring is 1. The number of hydrogen-bond donors (Lipinski definition) is 1. The number of nitrogens with two attached hydrogens (primary N) is 1. The predicted octanol–water partition coefficient (Wildman–Crippen LogP) is 3.45. The van der Waals surface area contributed by atoms with Crippen LogP contribution in [-0.2, 0) is 6.54 Å². The highest BCUT2D eigenvalue weighted by Crippen LogP contribution is 2.19. The third kappa shape index (κ3) is 3.30. The Labute approximate surface area is 132 Å². The van der Waals surface area contributed by atoms with Crippen LogP contribution < -0.4 is 5.73 Å². The van der Waals surface area contributed by atoms with Crippen molar-refractivity contribution in [3.63, 3.8) is 0 Å². The van der Waals surface area contributed by atoms with Gasteiger partial charge in [0.1, 0.15) is 0 Å². The first-order valence-corrected chi connectivity index (χ1v) is 7.42. The maximum Gasteiger partial charge on any atom is 0.254 e. The lowest BCUT2D eigenvalue weighted by Crippen LogP contribution is -2.27. The summed E-state index contributed by atoms with van der Waals surface area (Å²) < 4.78 is 1.01. The van der Waals surface area contributed by atoms with Gasteiger partial charge in [0.05, 0.1) is 5.56 Å². The second kappa shape index (κ2) is 6.26. The second-order valence-electron chi connectivity index (χ2n) is 4.84. The van der Waals surface area contributed by atoms with Crippen molar-refractivity contribution in [2.24, 2.45) is 0 Å². The molecule has 0 aliphatic heterocycles. The van der Waals surface area contributed by atoms with Gasteiger partial charge in [-0.2, -0.15) is 0 Å². The lowest BCUT2D eigenvalue weighted by Gasteiger charge is -2.19. The van der Waals surface area contributed by atoms with Crippen molar-refractivity contribution in [1.29, 1.82) is 0 Å². The van der Waals surface area contributed by atoms with Crippen molar-refractivity contribution in [2.45, 2.75) is 13.5 Å². The van der Waals surface area contributed by atoms with Gasteiger partial charge in [-0.15, -0.1) is 0 Å². The van der Waals surface area contributed by atoms with Gasteiger partial charge in [-0.25, -0.2) is 0 Å². The molecule has 0 fully saturated rings. The lowest BCUT2D eigenvalue weighted by atomic mass is 10.1. The number of carbonyl (C=O) groups is 1. The van der Waals surface area contributed by atoms with Crippen molar-refractivity contribution in [1.82, 2.24) is 4.90 Å². The van der Waals surface area contributed by atoms with Crippen molar-refractivity contribution < 1.29 is 4.79 Å². The van der Waals surface area contributed by atoms with Gasteiger partial charge in [-0.1, -0.05) is 24.3 Å². The van der Waals surface area contributed by atoms with E-state index in [4.69, 9.17) is 5.73 Å². The number of rotatable bonds is 3. The second-order valence-corrected chi connectivity index (χ2v) is 5.92. The van der Waals surface area contributed by atoms with Crippen molar-refractivity contribution in [2.75, 3.05) is 12.8 Å². The third-order valence-electron chi connectivity index (χ3n) is 3.14. The smallest absolute Gasteiger partial charge is 0.254 e. The van der Waals surface area contributed by atoms with Crippen LogP contribution in [0.25, 0.3) is 0 Å². The molecule has 2 N–H and O–H groups in total. The first kappa shape index (κ1) is 14.8. The minimum Gasteiger partial charge on any atom is -0.399 e. The highest BCUT2D eigenvalue weighted by molar-refractivity contribution is 14.1. The highest BCUT2D eigenvalue weighted by Gasteiger charge is 2.15. The number of aryl methyl sites for hydroxylation is 1. The van der Waals surface area contributed by atoms with E-state index < -0.39 is 0 Å². The minimum absolute atomic E-state index is 0.0283.